The van der Waals surface area contributed by atoms with Gasteiger partial charge in [0.2, 0.25) is 0 Å². The van der Waals surface area contributed by atoms with Crippen molar-refractivity contribution in [2.45, 2.75) is 0 Å². The van der Waals surface area contributed by atoms with Gasteiger partial charge in [-0.25, -0.2) is 4.68 Å². The van der Waals surface area contributed by atoms with Crippen molar-refractivity contribution in [2.75, 3.05) is 0 Å². The lowest BCUT2D eigenvalue weighted by atomic mass is 10.3. The zero-order chi connectivity index (χ0) is 10.8. The summed E-state index contributed by atoms with van der Waals surface area (Å²) >= 11 is 11.8. The molecule has 0 saturated heterocycles. The highest BCUT2D eigenvalue weighted by Crippen LogP contribution is 2.23. The number of rotatable bonds is 1. The van der Waals surface area contributed by atoms with Crippen molar-refractivity contribution in [1.82, 2.24) is 9.78 Å². The number of hydrogen-bond acceptors (Lipinski definition) is 2. The van der Waals surface area contributed by atoms with Gasteiger partial charge in [0.15, 0.2) is 0 Å². The summed E-state index contributed by atoms with van der Waals surface area (Å²) < 4.78 is 1.52. The Bertz CT molecular complexity index is 540. The van der Waals surface area contributed by atoms with E-state index in [1.165, 1.54) is 10.9 Å². The van der Waals surface area contributed by atoms with Crippen LogP contribution in [0.1, 0.15) is 5.56 Å². The van der Waals surface area contributed by atoms with Gasteiger partial charge in [0, 0.05) is 11.2 Å². The molecule has 15 heavy (non-hydrogen) atoms. The van der Waals surface area contributed by atoms with E-state index in [4.69, 9.17) is 28.5 Å². The van der Waals surface area contributed by atoms with Gasteiger partial charge in [-0.3, -0.25) is 0 Å². The summed E-state index contributed by atoms with van der Waals surface area (Å²) in [5.74, 6) is 0. The molecule has 1 heterocycles. The topological polar surface area (TPSA) is 41.6 Å². The number of halogens is 2. The van der Waals surface area contributed by atoms with Gasteiger partial charge in [-0.15, -0.1) is 0 Å². The SMILES string of the molecule is N#Cc1cnn(-c2cc(Cl)ccc2Cl)c1. The Morgan fingerprint density at radius 2 is 2.13 bits per heavy atom. The van der Waals surface area contributed by atoms with Crippen LogP contribution in [0.2, 0.25) is 10.0 Å². The zero-order valence-corrected chi connectivity index (χ0v) is 9.00. The van der Waals surface area contributed by atoms with E-state index in [9.17, 15) is 0 Å². The molecule has 0 aliphatic heterocycles. The van der Waals surface area contributed by atoms with E-state index in [0.717, 1.165) is 0 Å². The molecule has 1 aromatic heterocycles. The maximum absolute atomic E-state index is 8.66. The van der Waals surface area contributed by atoms with Crippen LogP contribution in [0.5, 0.6) is 0 Å². The molecule has 5 heteroatoms. The van der Waals surface area contributed by atoms with Crippen LogP contribution in [-0.2, 0) is 0 Å². The van der Waals surface area contributed by atoms with Crippen molar-refractivity contribution < 1.29 is 0 Å². The first-order chi connectivity index (χ1) is 7.20. The van der Waals surface area contributed by atoms with Crippen molar-refractivity contribution in [3.05, 3.63) is 46.2 Å². The standard InChI is InChI=1S/C10H5Cl2N3/c11-8-1-2-9(12)10(3-8)15-6-7(4-13)5-14-15/h1-3,5-6H. The molecule has 0 radical (unpaired) electrons. The molecule has 0 amide bonds. The second kappa shape index (κ2) is 3.93. The van der Waals surface area contributed by atoms with Gasteiger partial charge in [0.05, 0.1) is 22.5 Å². The first-order valence-electron chi connectivity index (χ1n) is 4.11. The number of benzene rings is 1. The molecule has 0 saturated carbocycles. The molecule has 0 unspecified atom stereocenters. The first-order valence-corrected chi connectivity index (χ1v) is 4.86. The summed E-state index contributed by atoms with van der Waals surface area (Å²) in [4.78, 5) is 0. The molecule has 0 bridgehead atoms. The summed E-state index contributed by atoms with van der Waals surface area (Å²) in [5, 5.41) is 13.8. The minimum atomic E-state index is 0.478. The van der Waals surface area contributed by atoms with E-state index in [2.05, 4.69) is 5.10 Å². The van der Waals surface area contributed by atoms with Crippen LogP contribution in [-0.4, -0.2) is 9.78 Å². The maximum atomic E-state index is 8.66. The highest BCUT2D eigenvalue weighted by Gasteiger charge is 2.05. The first kappa shape index (κ1) is 10.0. The normalized spacial score (nSPS) is 9.93. The van der Waals surface area contributed by atoms with Crippen LogP contribution >= 0.6 is 23.2 Å². The summed E-state index contributed by atoms with van der Waals surface area (Å²) in [7, 11) is 0. The molecule has 74 valence electrons. The van der Waals surface area contributed by atoms with Gasteiger partial charge in [-0.05, 0) is 18.2 Å². The van der Waals surface area contributed by atoms with Gasteiger partial charge in [-0.1, -0.05) is 23.2 Å². The smallest absolute Gasteiger partial charge is 0.102 e. The lowest BCUT2D eigenvalue weighted by molar-refractivity contribution is 0.881. The second-order valence-corrected chi connectivity index (χ2v) is 3.72. The fourth-order valence-electron chi connectivity index (χ4n) is 1.17. The third kappa shape index (κ3) is 1.96. The van der Waals surface area contributed by atoms with E-state index < -0.39 is 0 Å². The number of aromatic nitrogens is 2. The molecule has 0 N–H and O–H groups in total. The van der Waals surface area contributed by atoms with Gasteiger partial charge in [-0.2, -0.15) is 10.4 Å². The molecule has 1 aromatic carbocycles. The molecular weight excluding hydrogens is 233 g/mol. The van der Waals surface area contributed by atoms with E-state index in [0.29, 0.717) is 21.3 Å². The third-order valence-corrected chi connectivity index (χ3v) is 2.42. The van der Waals surface area contributed by atoms with Crippen LogP contribution in [0.25, 0.3) is 5.69 Å². The molecule has 3 nitrogen and oxygen atoms in total. The van der Waals surface area contributed by atoms with E-state index >= 15 is 0 Å². The van der Waals surface area contributed by atoms with Gasteiger partial charge in [0.1, 0.15) is 6.07 Å². The third-order valence-electron chi connectivity index (χ3n) is 1.87. The molecule has 0 aliphatic rings. The fourth-order valence-corrected chi connectivity index (χ4v) is 1.54. The Kier molecular flexibility index (Phi) is 2.63. The molecule has 0 spiro atoms. The summed E-state index contributed by atoms with van der Waals surface area (Å²) in [6.45, 7) is 0. The maximum Gasteiger partial charge on any atom is 0.102 e. The average molecular weight is 238 g/mol. The molecule has 0 aliphatic carbocycles. The fraction of sp³-hybridized carbons (Fsp3) is 0. The Hall–Kier alpha value is -1.50. The van der Waals surface area contributed by atoms with Crippen LogP contribution in [0.15, 0.2) is 30.6 Å². The number of hydrogen-bond donors (Lipinski definition) is 0. The Morgan fingerprint density at radius 3 is 2.80 bits per heavy atom. The summed E-state index contributed by atoms with van der Waals surface area (Å²) in [6.07, 6.45) is 3.06. The summed E-state index contributed by atoms with van der Waals surface area (Å²) in [6, 6.07) is 7.07. The van der Waals surface area contributed by atoms with Crippen LogP contribution in [0.3, 0.4) is 0 Å². The van der Waals surface area contributed by atoms with E-state index in [-0.39, 0.29) is 0 Å². The molecule has 0 atom stereocenters. The minimum absolute atomic E-state index is 0.478. The number of nitriles is 1. The highest BCUT2D eigenvalue weighted by atomic mass is 35.5. The Morgan fingerprint density at radius 1 is 1.33 bits per heavy atom. The molecule has 0 fully saturated rings. The molecule has 2 rings (SSSR count). The predicted molar refractivity (Wildman–Crippen MR) is 58.3 cm³/mol. The van der Waals surface area contributed by atoms with Gasteiger partial charge in [0.25, 0.3) is 0 Å². The van der Waals surface area contributed by atoms with Gasteiger partial charge >= 0.3 is 0 Å². The van der Waals surface area contributed by atoms with Crippen LogP contribution < -0.4 is 0 Å². The van der Waals surface area contributed by atoms with Crippen LogP contribution in [0, 0.1) is 11.3 Å². The second-order valence-electron chi connectivity index (χ2n) is 2.88. The molecular formula is C10H5Cl2N3. The lowest BCUT2D eigenvalue weighted by Gasteiger charge is -2.03. The Balaban J connectivity index is 2.54. The average Bonchev–Trinajstić information content (AvgIpc) is 2.70. The largest absolute Gasteiger partial charge is 0.238 e. The van der Waals surface area contributed by atoms with Crippen molar-refractivity contribution in [2.24, 2.45) is 0 Å². The van der Waals surface area contributed by atoms with Crippen LogP contribution in [0.4, 0.5) is 0 Å². The van der Waals surface area contributed by atoms with E-state index in [1.807, 2.05) is 6.07 Å². The van der Waals surface area contributed by atoms with E-state index in [1.54, 1.807) is 24.4 Å². The van der Waals surface area contributed by atoms with Crippen molar-refractivity contribution in [3.63, 3.8) is 0 Å². The minimum Gasteiger partial charge on any atom is -0.238 e. The number of nitrogens with zero attached hydrogens (tertiary/aromatic N) is 3. The highest BCUT2D eigenvalue weighted by molar-refractivity contribution is 6.34. The summed E-state index contributed by atoms with van der Waals surface area (Å²) in [5.41, 5.74) is 1.14. The van der Waals surface area contributed by atoms with Crippen molar-refractivity contribution in [3.8, 4) is 11.8 Å². The van der Waals surface area contributed by atoms with Crippen molar-refractivity contribution in [1.29, 1.82) is 5.26 Å². The zero-order valence-electron chi connectivity index (χ0n) is 7.48. The van der Waals surface area contributed by atoms with Crippen molar-refractivity contribution >= 4 is 23.2 Å². The lowest BCUT2D eigenvalue weighted by Crippen LogP contribution is -1.94. The quantitative estimate of drug-likeness (QED) is 0.766. The monoisotopic (exact) mass is 237 g/mol. The predicted octanol–water partition coefficient (Wildman–Crippen LogP) is 3.05. The molecule has 2 aromatic rings. The van der Waals surface area contributed by atoms with Gasteiger partial charge < -0.3 is 0 Å². The Labute approximate surface area is 96.5 Å².